The highest BCUT2D eigenvalue weighted by atomic mass is 32.2. The quantitative estimate of drug-likeness (QED) is 0.834. The summed E-state index contributed by atoms with van der Waals surface area (Å²) in [5.74, 6) is -0.334. The number of nitrogens with one attached hydrogen (secondary N) is 1. The summed E-state index contributed by atoms with van der Waals surface area (Å²) in [7, 11) is -3.50. The molecule has 0 spiro atoms. The fraction of sp³-hybridized carbons (Fsp3) is 0.308. The number of nitrogens with zero attached hydrogens (tertiary/aromatic N) is 1. The Balaban J connectivity index is 2.18. The highest BCUT2D eigenvalue weighted by molar-refractivity contribution is 7.91. The van der Waals surface area contributed by atoms with Gasteiger partial charge in [0.2, 0.25) is 0 Å². The van der Waals surface area contributed by atoms with E-state index in [2.05, 4.69) is 9.71 Å². The van der Waals surface area contributed by atoms with Crippen LogP contribution in [0.4, 0.5) is 4.39 Å². The summed E-state index contributed by atoms with van der Waals surface area (Å²) in [4.78, 5) is 4.09. The van der Waals surface area contributed by atoms with Crippen molar-refractivity contribution in [2.45, 2.75) is 24.0 Å². The Morgan fingerprint density at radius 2 is 2.00 bits per heavy atom. The molecule has 2 aromatic rings. The number of unbranched alkanes of at least 4 members (excludes halogenated alkanes) is 1. The van der Waals surface area contributed by atoms with Crippen molar-refractivity contribution in [1.29, 1.82) is 0 Å². The van der Waals surface area contributed by atoms with Gasteiger partial charge in [0.1, 0.15) is 10.8 Å². The van der Waals surface area contributed by atoms with E-state index in [4.69, 9.17) is 0 Å². The van der Waals surface area contributed by atoms with Crippen LogP contribution in [0.1, 0.15) is 19.8 Å². The van der Waals surface area contributed by atoms with Crippen molar-refractivity contribution in [3.63, 3.8) is 0 Å². The summed E-state index contributed by atoms with van der Waals surface area (Å²) >= 11 is 1.07. The van der Waals surface area contributed by atoms with Gasteiger partial charge < -0.3 is 0 Å². The van der Waals surface area contributed by atoms with E-state index in [0.717, 1.165) is 24.2 Å². The van der Waals surface area contributed by atoms with Crippen molar-refractivity contribution >= 4 is 21.4 Å². The first-order chi connectivity index (χ1) is 9.53. The van der Waals surface area contributed by atoms with Crippen LogP contribution in [0.3, 0.4) is 0 Å². The molecule has 108 valence electrons. The standard InChI is InChI=1S/C13H15FN2O2S2/c1-2-3-8-16-20(17,18)12-9-15-13(19-12)10-4-6-11(14)7-5-10/h4-7,9,16H,2-3,8H2,1H3. The van der Waals surface area contributed by atoms with E-state index in [-0.39, 0.29) is 10.0 Å². The van der Waals surface area contributed by atoms with Crippen LogP contribution in [0.15, 0.2) is 34.7 Å². The second kappa shape index (κ2) is 6.43. The van der Waals surface area contributed by atoms with E-state index in [1.54, 1.807) is 12.1 Å². The minimum atomic E-state index is -3.50. The Bertz CT molecular complexity index is 666. The smallest absolute Gasteiger partial charge is 0.243 e. The lowest BCUT2D eigenvalue weighted by molar-refractivity contribution is 0.580. The van der Waals surface area contributed by atoms with Crippen LogP contribution < -0.4 is 4.72 Å². The molecule has 1 aromatic heterocycles. The number of hydrogen-bond acceptors (Lipinski definition) is 4. The Hall–Kier alpha value is -1.31. The third kappa shape index (κ3) is 3.62. The molecule has 0 bridgehead atoms. The average molecular weight is 314 g/mol. The van der Waals surface area contributed by atoms with Crippen LogP contribution >= 0.6 is 11.3 Å². The maximum atomic E-state index is 12.8. The maximum absolute atomic E-state index is 12.8. The molecule has 0 aliphatic rings. The number of rotatable bonds is 6. The highest BCUT2D eigenvalue weighted by Crippen LogP contribution is 2.27. The Morgan fingerprint density at radius 1 is 1.30 bits per heavy atom. The van der Waals surface area contributed by atoms with Crippen molar-refractivity contribution in [3.8, 4) is 10.6 Å². The van der Waals surface area contributed by atoms with Gasteiger partial charge in [-0.25, -0.2) is 22.5 Å². The molecular formula is C13H15FN2O2S2. The lowest BCUT2D eigenvalue weighted by atomic mass is 10.2. The third-order valence-electron chi connectivity index (χ3n) is 2.66. The molecule has 0 radical (unpaired) electrons. The zero-order valence-corrected chi connectivity index (χ0v) is 12.6. The predicted octanol–water partition coefficient (Wildman–Crippen LogP) is 3.03. The molecule has 2 rings (SSSR count). The van der Waals surface area contributed by atoms with E-state index >= 15 is 0 Å². The van der Waals surface area contributed by atoms with Gasteiger partial charge in [-0.15, -0.1) is 11.3 Å². The van der Waals surface area contributed by atoms with E-state index in [1.165, 1.54) is 18.3 Å². The Morgan fingerprint density at radius 3 is 2.65 bits per heavy atom. The van der Waals surface area contributed by atoms with E-state index < -0.39 is 10.0 Å². The van der Waals surface area contributed by atoms with Gasteiger partial charge in [-0.3, -0.25) is 0 Å². The van der Waals surface area contributed by atoms with Gasteiger partial charge in [-0.05, 0) is 30.7 Å². The van der Waals surface area contributed by atoms with Crippen LogP contribution in [-0.2, 0) is 10.0 Å². The average Bonchev–Trinajstić information content (AvgIpc) is 2.90. The van der Waals surface area contributed by atoms with Gasteiger partial charge in [0.05, 0.1) is 6.20 Å². The molecule has 0 aliphatic carbocycles. The second-order valence-corrected chi connectivity index (χ2v) is 7.27. The van der Waals surface area contributed by atoms with E-state index in [1.807, 2.05) is 6.92 Å². The van der Waals surface area contributed by atoms with Gasteiger partial charge in [0, 0.05) is 12.1 Å². The van der Waals surface area contributed by atoms with Crippen LogP contribution in [0.2, 0.25) is 0 Å². The van der Waals surface area contributed by atoms with Crippen LogP contribution in [0.5, 0.6) is 0 Å². The Kier molecular flexibility index (Phi) is 4.85. The highest BCUT2D eigenvalue weighted by Gasteiger charge is 2.17. The molecule has 0 amide bonds. The minimum absolute atomic E-state index is 0.174. The molecule has 0 unspecified atom stereocenters. The number of benzene rings is 1. The largest absolute Gasteiger partial charge is 0.251 e. The monoisotopic (exact) mass is 314 g/mol. The predicted molar refractivity (Wildman–Crippen MR) is 77.6 cm³/mol. The zero-order chi connectivity index (χ0) is 14.6. The normalized spacial score (nSPS) is 11.7. The van der Waals surface area contributed by atoms with Gasteiger partial charge in [0.25, 0.3) is 10.0 Å². The van der Waals surface area contributed by atoms with Crippen molar-refractivity contribution in [2.75, 3.05) is 6.54 Å². The molecule has 0 saturated heterocycles. The minimum Gasteiger partial charge on any atom is -0.243 e. The first-order valence-corrected chi connectivity index (χ1v) is 8.54. The van der Waals surface area contributed by atoms with E-state index in [0.29, 0.717) is 17.1 Å². The summed E-state index contributed by atoms with van der Waals surface area (Å²) in [5.41, 5.74) is 0.700. The van der Waals surface area contributed by atoms with Gasteiger partial charge in [-0.1, -0.05) is 13.3 Å². The van der Waals surface area contributed by atoms with Gasteiger partial charge in [0.15, 0.2) is 4.21 Å². The van der Waals surface area contributed by atoms with Crippen LogP contribution in [0.25, 0.3) is 10.6 Å². The van der Waals surface area contributed by atoms with Crippen molar-refractivity contribution < 1.29 is 12.8 Å². The molecule has 7 heteroatoms. The summed E-state index contributed by atoms with van der Waals surface area (Å²) in [6.07, 6.45) is 3.05. The lowest BCUT2D eigenvalue weighted by Crippen LogP contribution is -2.23. The fourth-order valence-corrected chi connectivity index (χ4v) is 3.82. The van der Waals surface area contributed by atoms with Gasteiger partial charge in [-0.2, -0.15) is 0 Å². The number of thiazole rings is 1. The molecule has 1 N–H and O–H groups in total. The number of aromatic nitrogens is 1. The number of halogens is 1. The fourth-order valence-electron chi connectivity index (χ4n) is 1.56. The van der Waals surface area contributed by atoms with Crippen molar-refractivity contribution in [3.05, 3.63) is 36.3 Å². The molecule has 20 heavy (non-hydrogen) atoms. The number of sulfonamides is 1. The van der Waals surface area contributed by atoms with Crippen molar-refractivity contribution in [1.82, 2.24) is 9.71 Å². The molecule has 4 nitrogen and oxygen atoms in total. The maximum Gasteiger partial charge on any atom is 0.251 e. The first kappa shape index (κ1) is 15.1. The molecule has 0 fully saturated rings. The Labute approximate surface area is 121 Å². The van der Waals surface area contributed by atoms with Crippen molar-refractivity contribution in [2.24, 2.45) is 0 Å². The topological polar surface area (TPSA) is 59.1 Å². The molecule has 1 heterocycles. The first-order valence-electron chi connectivity index (χ1n) is 6.24. The molecule has 0 atom stereocenters. The molecule has 0 saturated carbocycles. The SMILES string of the molecule is CCCCNS(=O)(=O)c1cnc(-c2ccc(F)cc2)s1. The summed E-state index contributed by atoms with van der Waals surface area (Å²) in [6, 6.07) is 5.80. The second-order valence-electron chi connectivity index (χ2n) is 4.24. The van der Waals surface area contributed by atoms with Crippen LogP contribution in [-0.4, -0.2) is 19.9 Å². The summed E-state index contributed by atoms with van der Waals surface area (Å²) in [5, 5.41) is 0.556. The third-order valence-corrected chi connectivity index (χ3v) is 5.63. The van der Waals surface area contributed by atoms with E-state index in [9.17, 15) is 12.8 Å². The van der Waals surface area contributed by atoms with Gasteiger partial charge >= 0.3 is 0 Å². The van der Waals surface area contributed by atoms with Crippen LogP contribution in [0, 0.1) is 5.82 Å². The molecular weight excluding hydrogens is 299 g/mol. The zero-order valence-electron chi connectivity index (χ0n) is 11.0. The lowest BCUT2D eigenvalue weighted by Gasteiger charge is -2.02. The summed E-state index contributed by atoms with van der Waals surface area (Å²) < 4.78 is 39.6. The molecule has 0 aliphatic heterocycles. The number of hydrogen-bond donors (Lipinski definition) is 1. The molecule has 1 aromatic carbocycles. The summed E-state index contributed by atoms with van der Waals surface area (Å²) in [6.45, 7) is 2.41.